The molecule has 4 rings (SSSR count). The molecule has 2 aromatic rings. The van der Waals surface area contributed by atoms with E-state index in [4.69, 9.17) is 0 Å². The van der Waals surface area contributed by atoms with Gasteiger partial charge in [0.2, 0.25) is 11.8 Å². The Balaban J connectivity index is 1.48. The van der Waals surface area contributed by atoms with E-state index in [1.54, 1.807) is 17.0 Å². The van der Waals surface area contributed by atoms with Crippen molar-refractivity contribution in [2.75, 3.05) is 31.2 Å². The number of hydrogen-bond acceptors (Lipinski definition) is 4. The minimum atomic E-state index is -0.784. The van der Waals surface area contributed by atoms with Crippen LogP contribution in [0.2, 0.25) is 0 Å². The Kier molecular flexibility index (Phi) is 6.83. The van der Waals surface area contributed by atoms with Gasteiger partial charge in [-0.25, -0.2) is 4.39 Å². The summed E-state index contributed by atoms with van der Waals surface area (Å²) in [6, 6.07) is 15.7. The lowest BCUT2D eigenvalue weighted by Gasteiger charge is -2.44. The predicted octanol–water partition coefficient (Wildman–Crippen LogP) is 3.16. The third kappa shape index (κ3) is 5.16. The lowest BCUT2D eigenvalue weighted by atomic mass is 9.84. The van der Waals surface area contributed by atoms with E-state index in [1.165, 1.54) is 12.1 Å². The number of para-hydroxylation sites is 1. The first-order valence-corrected chi connectivity index (χ1v) is 12.0. The molecule has 2 heterocycles. The molecular weight excluding hydrogens is 447 g/mol. The van der Waals surface area contributed by atoms with Crippen molar-refractivity contribution in [1.82, 2.24) is 15.1 Å². The van der Waals surface area contributed by atoms with E-state index in [2.05, 4.69) is 10.2 Å². The highest BCUT2D eigenvalue weighted by Gasteiger charge is 2.54. The summed E-state index contributed by atoms with van der Waals surface area (Å²) in [5.41, 5.74) is 0.446. The van der Waals surface area contributed by atoms with Crippen LogP contribution in [0.5, 0.6) is 0 Å². The monoisotopic (exact) mass is 480 g/mol. The van der Waals surface area contributed by atoms with Crippen LogP contribution in [0.25, 0.3) is 0 Å². The number of piperidine rings is 1. The van der Waals surface area contributed by atoms with Gasteiger partial charge in [-0.15, -0.1) is 0 Å². The van der Waals surface area contributed by atoms with Crippen molar-refractivity contribution in [1.29, 1.82) is 0 Å². The molecule has 0 radical (unpaired) electrons. The minimum Gasteiger partial charge on any atom is -0.350 e. The summed E-state index contributed by atoms with van der Waals surface area (Å²) >= 11 is 0. The zero-order valence-electron chi connectivity index (χ0n) is 20.6. The summed E-state index contributed by atoms with van der Waals surface area (Å²) in [5.74, 6) is -0.598. The third-order valence-electron chi connectivity index (χ3n) is 6.84. The SMILES string of the molecule is CC(C)(C)C(=O)N1CCC2(CC1)C(=O)N(CC(=O)NCc1ccc(F)cc1)CN2c1ccccc1. The average Bonchev–Trinajstić information content (AvgIpc) is 3.10. The minimum absolute atomic E-state index is 0.0598. The number of amides is 3. The molecule has 0 unspecified atom stereocenters. The normalized spacial score (nSPS) is 17.7. The number of benzene rings is 2. The van der Waals surface area contributed by atoms with Crippen LogP contribution in [0.15, 0.2) is 54.6 Å². The van der Waals surface area contributed by atoms with E-state index >= 15 is 0 Å². The fraction of sp³-hybridized carbons (Fsp3) is 0.444. The molecule has 8 heteroatoms. The second-order valence-electron chi connectivity index (χ2n) is 10.4. The van der Waals surface area contributed by atoms with Gasteiger partial charge in [0.15, 0.2) is 0 Å². The van der Waals surface area contributed by atoms with E-state index in [-0.39, 0.29) is 36.6 Å². The number of likely N-dealkylation sites (tertiary alicyclic amines) is 1. The largest absolute Gasteiger partial charge is 0.350 e. The Morgan fingerprint density at radius 1 is 1.00 bits per heavy atom. The van der Waals surface area contributed by atoms with Crippen LogP contribution in [0.3, 0.4) is 0 Å². The lowest BCUT2D eigenvalue weighted by Crippen LogP contribution is -2.58. The van der Waals surface area contributed by atoms with Crippen molar-refractivity contribution in [3.63, 3.8) is 0 Å². The van der Waals surface area contributed by atoms with Crippen LogP contribution in [0, 0.1) is 11.2 Å². The highest BCUT2D eigenvalue weighted by Crippen LogP contribution is 2.40. The number of nitrogens with zero attached hydrogens (tertiary/aromatic N) is 3. The van der Waals surface area contributed by atoms with Crippen LogP contribution in [-0.4, -0.2) is 59.4 Å². The van der Waals surface area contributed by atoms with Crippen molar-refractivity contribution in [3.05, 3.63) is 66.0 Å². The van der Waals surface area contributed by atoms with Crippen LogP contribution in [0.1, 0.15) is 39.2 Å². The third-order valence-corrected chi connectivity index (χ3v) is 6.84. The van der Waals surface area contributed by atoms with Crippen LogP contribution < -0.4 is 10.2 Å². The smallest absolute Gasteiger partial charge is 0.250 e. The van der Waals surface area contributed by atoms with Crippen LogP contribution in [0.4, 0.5) is 10.1 Å². The Bertz CT molecular complexity index is 1070. The van der Waals surface area contributed by atoms with Crippen LogP contribution >= 0.6 is 0 Å². The first-order chi connectivity index (χ1) is 16.6. The second-order valence-corrected chi connectivity index (χ2v) is 10.4. The molecule has 0 aromatic heterocycles. The second kappa shape index (κ2) is 9.68. The molecule has 0 bridgehead atoms. The molecule has 3 amide bonds. The standard InChI is InChI=1S/C27H33FN4O3/c1-26(2,3)24(34)30-15-13-27(14-16-30)25(35)31(19-32(27)22-7-5-4-6-8-22)18-23(33)29-17-20-9-11-21(28)12-10-20/h4-12H,13-19H2,1-3H3,(H,29,33). The summed E-state index contributed by atoms with van der Waals surface area (Å²) in [6.07, 6.45) is 1.02. The number of halogens is 1. The van der Waals surface area contributed by atoms with Gasteiger partial charge in [0.05, 0.1) is 6.67 Å². The van der Waals surface area contributed by atoms with E-state index in [0.29, 0.717) is 32.6 Å². The van der Waals surface area contributed by atoms with Gasteiger partial charge < -0.3 is 20.0 Å². The Morgan fingerprint density at radius 3 is 2.23 bits per heavy atom. The summed E-state index contributed by atoms with van der Waals surface area (Å²) < 4.78 is 13.1. The fourth-order valence-electron chi connectivity index (χ4n) is 4.91. The molecule has 2 aromatic carbocycles. The number of carbonyl (C=O) groups excluding carboxylic acids is 3. The zero-order valence-corrected chi connectivity index (χ0v) is 20.6. The number of rotatable bonds is 5. The Morgan fingerprint density at radius 2 is 1.63 bits per heavy atom. The van der Waals surface area contributed by atoms with Gasteiger partial charge >= 0.3 is 0 Å². The van der Waals surface area contributed by atoms with Gasteiger partial charge in [-0.3, -0.25) is 14.4 Å². The van der Waals surface area contributed by atoms with Crippen molar-refractivity contribution >= 4 is 23.4 Å². The summed E-state index contributed by atoms with van der Waals surface area (Å²) in [5, 5.41) is 2.82. The predicted molar refractivity (Wildman–Crippen MR) is 132 cm³/mol. The van der Waals surface area contributed by atoms with Gasteiger partial charge in [0, 0.05) is 30.7 Å². The average molecular weight is 481 g/mol. The van der Waals surface area contributed by atoms with E-state index < -0.39 is 11.0 Å². The van der Waals surface area contributed by atoms with Gasteiger partial charge in [0.25, 0.3) is 5.91 Å². The molecule has 1 N–H and O–H groups in total. The molecule has 2 fully saturated rings. The van der Waals surface area contributed by atoms with Gasteiger partial charge in [-0.2, -0.15) is 0 Å². The van der Waals surface area contributed by atoms with Crippen molar-refractivity contribution in [2.24, 2.45) is 5.41 Å². The molecular formula is C27H33FN4O3. The zero-order chi connectivity index (χ0) is 25.2. The lowest BCUT2D eigenvalue weighted by molar-refractivity contribution is -0.144. The number of anilines is 1. The molecule has 35 heavy (non-hydrogen) atoms. The molecule has 0 saturated carbocycles. The van der Waals surface area contributed by atoms with E-state index in [9.17, 15) is 18.8 Å². The van der Waals surface area contributed by atoms with E-state index in [1.807, 2.05) is 56.0 Å². The molecule has 2 saturated heterocycles. The molecule has 0 aliphatic carbocycles. The molecule has 186 valence electrons. The highest BCUT2D eigenvalue weighted by molar-refractivity contribution is 5.96. The maximum Gasteiger partial charge on any atom is 0.250 e. The maximum absolute atomic E-state index is 13.7. The number of nitrogens with one attached hydrogen (secondary N) is 1. The van der Waals surface area contributed by atoms with Crippen LogP contribution in [-0.2, 0) is 20.9 Å². The summed E-state index contributed by atoms with van der Waals surface area (Å²) in [4.78, 5) is 44.8. The first kappa shape index (κ1) is 24.7. The van der Waals surface area contributed by atoms with Gasteiger partial charge in [-0.05, 0) is 42.7 Å². The Labute approximate surface area is 205 Å². The number of carbonyl (C=O) groups is 3. The quantitative estimate of drug-likeness (QED) is 0.714. The Hall–Kier alpha value is -3.42. The molecule has 0 atom stereocenters. The van der Waals surface area contributed by atoms with Gasteiger partial charge in [-0.1, -0.05) is 51.1 Å². The topological polar surface area (TPSA) is 73.0 Å². The molecule has 1 spiro atoms. The molecule has 2 aliphatic rings. The summed E-state index contributed by atoms with van der Waals surface area (Å²) in [7, 11) is 0. The maximum atomic E-state index is 13.7. The van der Waals surface area contributed by atoms with E-state index in [0.717, 1.165) is 11.3 Å². The summed E-state index contributed by atoms with van der Waals surface area (Å²) in [6.45, 7) is 7.22. The first-order valence-electron chi connectivity index (χ1n) is 12.0. The van der Waals surface area contributed by atoms with Crippen molar-refractivity contribution in [3.8, 4) is 0 Å². The van der Waals surface area contributed by atoms with Crippen molar-refractivity contribution in [2.45, 2.75) is 45.7 Å². The molecule has 7 nitrogen and oxygen atoms in total. The highest BCUT2D eigenvalue weighted by atomic mass is 19.1. The van der Waals surface area contributed by atoms with Crippen molar-refractivity contribution < 1.29 is 18.8 Å². The molecule has 2 aliphatic heterocycles. The number of hydrogen-bond donors (Lipinski definition) is 1. The fourth-order valence-corrected chi connectivity index (χ4v) is 4.91. The van der Waals surface area contributed by atoms with Gasteiger partial charge in [0.1, 0.15) is 17.9 Å².